The normalized spacial score (nSPS) is 10.6. The number of aromatic nitrogens is 1. The van der Waals surface area contributed by atoms with Gasteiger partial charge in [0.05, 0.1) is 21.3 Å². The highest BCUT2D eigenvalue weighted by atomic mass is 16.5. The Morgan fingerprint density at radius 3 is 2.12 bits per heavy atom. The lowest BCUT2D eigenvalue weighted by Gasteiger charge is -2.26. The molecule has 0 bridgehead atoms. The fraction of sp³-hybridized carbons (Fsp3) is 0.421. The molecule has 2 rings (SSSR count). The summed E-state index contributed by atoms with van der Waals surface area (Å²) in [5, 5.41) is 0. The number of nitrogens with zero attached hydrogens (tertiary/aromatic N) is 2. The highest BCUT2D eigenvalue weighted by Gasteiger charge is 2.16. The summed E-state index contributed by atoms with van der Waals surface area (Å²) in [5.41, 5.74) is 1.08. The summed E-state index contributed by atoms with van der Waals surface area (Å²) in [5.74, 6) is 3.42. The number of methoxy groups -OCH3 is 3. The summed E-state index contributed by atoms with van der Waals surface area (Å²) in [6.45, 7) is 6.02. The maximum atomic E-state index is 5.45. The van der Waals surface area contributed by atoms with Crippen LogP contribution in [0.3, 0.4) is 0 Å². The molecule has 0 atom stereocenters. The molecule has 0 aliphatic heterocycles. The van der Waals surface area contributed by atoms with Crippen molar-refractivity contribution in [3.05, 3.63) is 42.1 Å². The van der Waals surface area contributed by atoms with Crippen molar-refractivity contribution in [2.45, 2.75) is 20.4 Å². The summed E-state index contributed by atoms with van der Waals surface area (Å²) < 4.78 is 16.3. The van der Waals surface area contributed by atoms with Gasteiger partial charge < -0.3 is 19.1 Å². The van der Waals surface area contributed by atoms with Gasteiger partial charge >= 0.3 is 0 Å². The largest absolute Gasteiger partial charge is 0.493 e. The van der Waals surface area contributed by atoms with E-state index in [1.807, 2.05) is 36.5 Å². The van der Waals surface area contributed by atoms with Crippen LogP contribution in [-0.2, 0) is 6.54 Å². The first-order chi connectivity index (χ1) is 11.6. The first kappa shape index (κ1) is 17.9. The highest BCUT2D eigenvalue weighted by Crippen LogP contribution is 2.38. The molecule has 0 fully saturated rings. The molecule has 0 N–H and O–H groups in total. The molecule has 2 aromatic rings. The van der Waals surface area contributed by atoms with Crippen LogP contribution < -0.4 is 19.1 Å². The smallest absolute Gasteiger partial charge is 0.203 e. The Labute approximate surface area is 144 Å². The monoisotopic (exact) mass is 330 g/mol. The van der Waals surface area contributed by atoms with Gasteiger partial charge in [-0.2, -0.15) is 0 Å². The van der Waals surface area contributed by atoms with Gasteiger partial charge in [-0.1, -0.05) is 19.9 Å². The third kappa shape index (κ3) is 4.31. The van der Waals surface area contributed by atoms with Crippen molar-refractivity contribution in [2.24, 2.45) is 5.92 Å². The van der Waals surface area contributed by atoms with Crippen molar-refractivity contribution in [1.82, 2.24) is 4.98 Å². The molecule has 130 valence electrons. The van der Waals surface area contributed by atoms with Crippen LogP contribution in [0.4, 0.5) is 5.82 Å². The molecule has 0 radical (unpaired) electrons. The fourth-order valence-electron chi connectivity index (χ4n) is 2.67. The summed E-state index contributed by atoms with van der Waals surface area (Å²) >= 11 is 0. The van der Waals surface area contributed by atoms with Crippen molar-refractivity contribution in [1.29, 1.82) is 0 Å². The number of ether oxygens (including phenoxy) is 3. The van der Waals surface area contributed by atoms with Gasteiger partial charge in [0.2, 0.25) is 5.75 Å². The minimum Gasteiger partial charge on any atom is -0.493 e. The second-order valence-electron chi connectivity index (χ2n) is 6.00. The van der Waals surface area contributed by atoms with Crippen LogP contribution in [0.1, 0.15) is 19.4 Å². The van der Waals surface area contributed by atoms with E-state index in [-0.39, 0.29) is 0 Å². The van der Waals surface area contributed by atoms with Crippen LogP contribution in [0, 0.1) is 5.92 Å². The molecule has 1 aromatic heterocycles. The van der Waals surface area contributed by atoms with Crippen LogP contribution >= 0.6 is 0 Å². The molecule has 0 amide bonds. The zero-order chi connectivity index (χ0) is 17.5. The molecular formula is C19H26N2O3. The zero-order valence-corrected chi connectivity index (χ0v) is 15.1. The maximum Gasteiger partial charge on any atom is 0.203 e. The number of hydrogen-bond acceptors (Lipinski definition) is 5. The predicted molar refractivity (Wildman–Crippen MR) is 96.2 cm³/mol. The van der Waals surface area contributed by atoms with Crippen LogP contribution in [0.25, 0.3) is 0 Å². The molecule has 0 aliphatic carbocycles. The van der Waals surface area contributed by atoms with Crippen molar-refractivity contribution in [3.63, 3.8) is 0 Å². The Morgan fingerprint density at radius 2 is 1.67 bits per heavy atom. The second kappa shape index (κ2) is 8.43. The predicted octanol–water partition coefficient (Wildman–Crippen LogP) is 3.77. The first-order valence-electron chi connectivity index (χ1n) is 8.03. The van der Waals surface area contributed by atoms with E-state index in [0.29, 0.717) is 29.7 Å². The van der Waals surface area contributed by atoms with Gasteiger partial charge in [-0.3, -0.25) is 0 Å². The van der Waals surface area contributed by atoms with E-state index >= 15 is 0 Å². The van der Waals surface area contributed by atoms with Crippen LogP contribution in [0.15, 0.2) is 36.5 Å². The van der Waals surface area contributed by atoms with Gasteiger partial charge in [0.25, 0.3) is 0 Å². The third-order valence-electron chi connectivity index (χ3n) is 3.66. The van der Waals surface area contributed by atoms with E-state index in [0.717, 1.165) is 17.9 Å². The third-order valence-corrected chi connectivity index (χ3v) is 3.66. The Balaban J connectivity index is 2.35. The summed E-state index contributed by atoms with van der Waals surface area (Å²) in [7, 11) is 4.87. The van der Waals surface area contributed by atoms with Crippen LogP contribution in [0.5, 0.6) is 17.2 Å². The van der Waals surface area contributed by atoms with E-state index in [1.54, 1.807) is 21.3 Å². The molecule has 0 saturated heterocycles. The minimum absolute atomic E-state index is 0.522. The van der Waals surface area contributed by atoms with Crippen molar-refractivity contribution < 1.29 is 14.2 Å². The average Bonchev–Trinajstić information content (AvgIpc) is 2.60. The lowest BCUT2D eigenvalue weighted by atomic mass is 10.1. The highest BCUT2D eigenvalue weighted by molar-refractivity contribution is 5.54. The molecule has 24 heavy (non-hydrogen) atoms. The second-order valence-corrected chi connectivity index (χ2v) is 6.00. The van der Waals surface area contributed by atoms with E-state index in [2.05, 4.69) is 23.7 Å². The molecule has 1 heterocycles. The van der Waals surface area contributed by atoms with E-state index < -0.39 is 0 Å². The summed E-state index contributed by atoms with van der Waals surface area (Å²) in [6.07, 6.45) is 1.82. The number of pyridine rings is 1. The standard InChI is InChI=1S/C19H26N2O3/c1-14(2)12-21(18-8-6-7-9-20-18)13-15-10-16(22-3)19(24-5)17(11-15)23-4/h6-11,14H,12-13H2,1-5H3. The molecule has 0 saturated carbocycles. The first-order valence-corrected chi connectivity index (χ1v) is 8.03. The molecule has 0 spiro atoms. The van der Waals surface area contributed by atoms with Gasteiger partial charge in [0.1, 0.15) is 5.82 Å². The molecular weight excluding hydrogens is 304 g/mol. The van der Waals surface area contributed by atoms with E-state index in [1.165, 1.54) is 0 Å². The van der Waals surface area contributed by atoms with E-state index in [9.17, 15) is 0 Å². The average molecular weight is 330 g/mol. The van der Waals surface area contributed by atoms with Crippen molar-refractivity contribution in [2.75, 3.05) is 32.8 Å². The lowest BCUT2D eigenvalue weighted by Crippen LogP contribution is -2.27. The van der Waals surface area contributed by atoms with Gasteiger partial charge in [0, 0.05) is 19.3 Å². The molecule has 5 nitrogen and oxygen atoms in total. The molecule has 5 heteroatoms. The van der Waals surface area contributed by atoms with Crippen LogP contribution in [0.2, 0.25) is 0 Å². The molecule has 1 aromatic carbocycles. The minimum atomic E-state index is 0.522. The summed E-state index contributed by atoms with van der Waals surface area (Å²) in [6, 6.07) is 9.93. The van der Waals surface area contributed by atoms with E-state index in [4.69, 9.17) is 14.2 Å². The Hall–Kier alpha value is -2.43. The van der Waals surface area contributed by atoms with Crippen LogP contribution in [-0.4, -0.2) is 32.9 Å². The topological polar surface area (TPSA) is 43.8 Å². The fourth-order valence-corrected chi connectivity index (χ4v) is 2.67. The number of rotatable bonds is 8. The molecule has 0 aliphatic rings. The maximum absolute atomic E-state index is 5.45. The SMILES string of the molecule is COc1cc(CN(CC(C)C)c2ccccn2)cc(OC)c1OC. The Morgan fingerprint density at radius 1 is 1.00 bits per heavy atom. The number of anilines is 1. The summed E-state index contributed by atoms with van der Waals surface area (Å²) in [4.78, 5) is 6.74. The van der Waals surface area contributed by atoms with Gasteiger partial charge in [-0.25, -0.2) is 4.98 Å². The van der Waals surface area contributed by atoms with Crippen molar-refractivity contribution in [3.8, 4) is 17.2 Å². The quantitative estimate of drug-likeness (QED) is 0.737. The Kier molecular flexibility index (Phi) is 6.29. The van der Waals surface area contributed by atoms with Gasteiger partial charge in [0.15, 0.2) is 11.5 Å². The van der Waals surface area contributed by atoms with Crippen molar-refractivity contribution >= 4 is 5.82 Å². The Bertz CT molecular complexity index is 619. The number of benzene rings is 1. The zero-order valence-electron chi connectivity index (χ0n) is 15.1. The lowest BCUT2D eigenvalue weighted by molar-refractivity contribution is 0.323. The number of hydrogen-bond donors (Lipinski definition) is 0. The molecule has 0 unspecified atom stereocenters. The van der Waals surface area contributed by atoms with Gasteiger partial charge in [-0.05, 0) is 35.7 Å². The van der Waals surface area contributed by atoms with Gasteiger partial charge in [-0.15, -0.1) is 0 Å².